The first-order valence-corrected chi connectivity index (χ1v) is 9.46. The standard InChI is InChI=1S/C22H19N5O4/c28-16-8-6-15-7-9-17(20(30)18(15)10-16)21(31)25-22-24-13-27(26-22)12-19(29)23-11-14-4-2-1-3-5-14/h1-10,13,28,30H,11-12H2,(H,23,29)(H,25,26,31). The summed E-state index contributed by atoms with van der Waals surface area (Å²) in [7, 11) is 0. The Morgan fingerprint density at radius 3 is 2.58 bits per heavy atom. The molecule has 0 bridgehead atoms. The third-order valence-electron chi connectivity index (χ3n) is 4.62. The topological polar surface area (TPSA) is 129 Å². The molecule has 31 heavy (non-hydrogen) atoms. The number of carbonyl (C=O) groups excluding carboxylic acids is 2. The highest BCUT2D eigenvalue weighted by Gasteiger charge is 2.16. The van der Waals surface area contributed by atoms with Crippen LogP contribution >= 0.6 is 0 Å². The van der Waals surface area contributed by atoms with E-state index in [0.29, 0.717) is 17.3 Å². The molecule has 3 aromatic carbocycles. The lowest BCUT2D eigenvalue weighted by molar-refractivity contribution is -0.122. The molecule has 0 aliphatic heterocycles. The molecule has 2 amide bonds. The fourth-order valence-corrected chi connectivity index (χ4v) is 3.07. The molecule has 0 spiro atoms. The lowest BCUT2D eigenvalue weighted by Crippen LogP contribution is -2.27. The van der Waals surface area contributed by atoms with Crippen LogP contribution < -0.4 is 10.6 Å². The lowest BCUT2D eigenvalue weighted by Gasteiger charge is -2.08. The fraction of sp³-hybridized carbons (Fsp3) is 0.0909. The summed E-state index contributed by atoms with van der Waals surface area (Å²) in [6, 6.07) is 17.1. The van der Waals surface area contributed by atoms with Gasteiger partial charge in [-0.3, -0.25) is 14.9 Å². The smallest absolute Gasteiger partial charge is 0.261 e. The van der Waals surface area contributed by atoms with E-state index in [0.717, 1.165) is 5.56 Å². The SMILES string of the molecule is O=C(Cn1cnc(NC(=O)c2ccc3ccc(O)cc3c2O)n1)NCc1ccccc1. The van der Waals surface area contributed by atoms with Gasteiger partial charge in [-0.25, -0.2) is 9.67 Å². The first kappa shape index (κ1) is 19.9. The maximum atomic E-state index is 12.6. The first-order valence-electron chi connectivity index (χ1n) is 9.46. The Hall–Kier alpha value is -4.40. The number of nitrogens with zero attached hydrogens (tertiary/aromatic N) is 3. The number of phenols is 2. The molecule has 9 heteroatoms. The van der Waals surface area contributed by atoms with Crippen LogP contribution in [0.15, 0.2) is 67.0 Å². The number of carbonyl (C=O) groups is 2. The van der Waals surface area contributed by atoms with Crippen LogP contribution in [-0.4, -0.2) is 36.8 Å². The third kappa shape index (κ3) is 4.61. The van der Waals surface area contributed by atoms with Gasteiger partial charge in [0.25, 0.3) is 5.91 Å². The highest BCUT2D eigenvalue weighted by atomic mass is 16.3. The predicted molar refractivity (Wildman–Crippen MR) is 114 cm³/mol. The highest BCUT2D eigenvalue weighted by molar-refractivity contribution is 6.09. The van der Waals surface area contributed by atoms with Crippen LogP contribution in [0.2, 0.25) is 0 Å². The second-order valence-corrected chi connectivity index (χ2v) is 6.85. The van der Waals surface area contributed by atoms with Crippen LogP contribution in [0, 0.1) is 0 Å². The number of amides is 2. The molecule has 9 nitrogen and oxygen atoms in total. The molecule has 0 radical (unpaired) electrons. The summed E-state index contributed by atoms with van der Waals surface area (Å²) in [4.78, 5) is 28.6. The second-order valence-electron chi connectivity index (χ2n) is 6.85. The molecule has 0 fully saturated rings. The van der Waals surface area contributed by atoms with E-state index >= 15 is 0 Å². The summed E-state index contributed by atoms with van der Waals surface area (Å²) in [6.07, 6.45) is 1.33. The number of phenolic OH excluding ortho intramolecular Hbond substituents is 2. The van der Waals surface area contributed by atoms with Gasteiger partial charge in [-0.05, 0) is 29.1 Å². The second kappa shape index (κ2) is 8.54. The quantitative estimate of drug-likeness (QED) is 0.381. The Morgan fingerprint density at radius 2 is 1.77 bits per heavy atom. The number of aromatic nitrogens is 3. The van der Waals surface area contributed by atoms with Gasteiger partial charge in [0.15, 0.2) is 0 Å². The van der Waals surface area contributed by atoms with Gasteiger partial charge in [-0.2, -0.15) is 0 Å². The Balaban J connectivity index is 1.39. The van der Waals surface area contributed by atoms with Crippen LogP contribution in [0.4, 0.5) is 5.95 Å². The Kier molecular flexibility index (Phi) is 5.48. The highest BCUT2D eigenvalue weighted by Crippen LogP contribution is 2.31. The fourth-order valence-electron chi connectivity index (χ4n) is 3.07. The van der Waals surface area contributed by atoms with Crippen molar-refractivity contribution in [3.8, 4) is 11.5 Å². The van der Waals surface area contributed by atoms with Gasteiger partial charge in [-0.1, -0.05) is 42.5 Å². The zero-order chi connectivity index (χ0) is 21.8. The largest absolute Gasteiger partial charge is 0.508 e. The lowest BCUT2D eigenvalue weighted by atomic mass is 10.0. The molecule has 0 unspecified atom stereocenters. The van der Waals surface area contributed by atoms with E-state index in [1.54, 1.807) is 12.1 Å². The molecular weight excluding hydrogens is 398 g/mol. The average molecular weight is 417 g/mol. The monoisotopic (exact) mass is 417 g/mol. The van der Waals surface area contributed by atoms with Crippen molar-refractivity contribution in [2.45, 2.75) is 13.1 Å². The van der Waals surface area contributed by atoms with Crippen molar-refractivity contribution >= 4 is 28.5 Å². The summed E-state index contributed by atoms with van der Waals surface area (Å²) in [6.45, 7) is 0.338. The summed E-state index contributed by atoms with van der Waals surface area (Å²) in [5, 5.41) is 30.4. The van der Waals surface area contributed by atoms with Crippen LogP contribution in [0.3, 0.4) is 0 Å². The maximum Gasteiger partial charge on any atom is 0.261 e. The van der Waals surface area contributed by atoms with Gasteiger partial charge in [0.05, 0.1) is 5.56 Å². The number of anilines is 1. The van der Waals surface area contributed by atoms with Crippen molar-refractivity contribution in [2.24, 2.45) is 0 Å². The maximum absolute atomic E-state index is 12.6. The molecule has 0 aliphatic rings. The molecule has 0 saturated carbocycles. The zero-order valence-electron chi connectivity index (χ0n) is 16.3. The molecule has 4 aromatic rings. The molecule has 0 saturated heterocycles. The van der Waals surface area contributed by atoms with Gasteiger partial charge in [0, 0.05) is 11.9 Å². The van der Waals surface area contributed by atoms with Crippen LogP contribution in [0.1, 0.15) is 15.9 Å². The van der Waals surface area contributed by atoms with Gasteiger partial charge < -0.3 is 15.5 Å². The van der Waals surface area contributed by atoms with Gasteiger partial charge in [0.2, 0.25) is 11.9 Å². The van der Waals surface area contributed by atoms with Crippen molar-refractivity contribution in [2.75, 3.05) is 5.32 Å². The number of benzene rings is 3. The van der Waals surface area contributed by atoms with Crippen molar-refractivity contribution in [1.29, 1.82) is 0 Å². The Morgan fingerprint density at radius 1 is 1.00 bits per heavy atom. The minimum Gasteiger partial charge on any atom is -0.508 e. The minimum absolute atomic E-state index is 0.00346. The molecule has 156 valence electrons. The van der Waals surface area contributed by atoms with Crippen molar-refractivity contribution < 1.29 is 19.8 Å². The Labute approximate surface area is 177 Å². The van der Waals surface area contributed by atoms with Crippen molar-refractivity contribution in [3.63, 3.8) is 0 Å². The molecular formula is C22H19N5O4. The van der Waals surface area contributed by atoms with E-state index in [1.165, 1.54) is 29.2 Å². The normalized spacial score (nSPS) is 10.7. The molecule has 4 N–H and O–H groups in total. The number of fused-ring (bicyclic) bond motifs is 1. The molecule has 4 rings (SSSR count). The van der Waals surface area contributed by atoms with Crippen molar-refractivity contribution in [1.82, 2.24) is 20.1 Å². The molecule has 0 atom stereocenters. The summed E-state index contributed by atoms with van der Waals surface area (Å²) >= 11 is 0. The summed E-state index contributed by atoms with van der Waals surface area (Å²) in [5.74, 6) is -1.15. The van der Waals surface area contributed by atoms with E-state index in [2.05, 4.69) is 20.7 Å². The van der Waals surface area contributed by atoms with E-state index in [9.17, 15) is 19.8 Å². The first-order chi connectivity index (χ1) is 15.0. The molecule has 0 aliphatic carbocycles. The van der Waals surface area contributed by atoms with E-state index in [1.807, 2.05) is 30.3 Å². The number of rotatable bonds is 6. The average Bonchev–Trinajstić information content (AvgIpc) is 3.20. The van der Waals surface area contributed by atoms with Crippen LogP contribution in [0.25, 0.3) is 10.8 Å². The van der Waals surface area contributed by atoms with Gasteiger partial charge >= 0.3 is 0 Å². The predicted octanol–water partition coefficient (Wildman–Crippen LogP) is 2.41. The van der Waals surface area contributed by atoms with Gasteiger partial charge in [0.1, 0.15) is 24.4 Å². The van der Waals surface area contributed by atoms with E-state index < -0.39 is 5.91 Å². The van der Waals surface area contributed by atoms with E-state index in [-0.39, 0.29) is 35.5 Å². The van der Waals surface area contributed by atoms with Crippen LogP contribution in [-0.2, 0) is 17.9 Å². The summed E-state index contributed by atoms with van der Waals surface area (Å²) < 4.78 is 1.30. The Bertz CT molecular complexity index is 1250. The van der Waals surface area contributed by atoms with Crippen molar-refractivity contribution in [3.05, 3.63) is 78.1 Å². The summed E-state index contributed by atoms with van der Waals surface area (Å²) in [5.41, 5.74) is 0.987. The zero-order valence-corrected chi connectivity index (χ0v) is 16.3. The molecule has 1 heterocycles. The number of hydrogen-bond acceptors (Lipinski definition) is 6. The number of nitrogens with one attached hydrogen (secondary N) is 2. The van der Waals surface area contributed by atoms with Gasteiger partial charge in [-0.15, -0.1) is 5.10 Å². The minimum atomic E-state index is -0.617. The number of hydrogen-bond donors (Lipinski definition) is 4. The van der Waals surface area contributed by atoms with E-state index in [4.69, 9.17) is 0 Å². The number of aromatic hydroxyl groups is 2. The molecule has 1 aromatic heterocycles. The third-order valence-corrected chi connectivity index (χ3v) is 4.62. The van der Waals surface area contributed by atoms with Crippen LogP contribution in [0.5, 0.6) is 11.5 Å².